The molecule has 1 saturated carbocycles. The van der Waals surface area contributed by atoms with E-state index in [-0.39, 0.29) is 18.4 Å². The number of rotatable bonds is 1. The summed E-state index contributed by atoms with van der Waals surface area (Å²) >= 11 is 3.01. The van der Waals surface area contributed by atoms with Crippen molar-refractivity contribution < 1.29 is 8.78 Å². The average Bonchev–Trinajstić information content (AvgIpc) is 2.06. The van der Waals surface area contributed by atoms with Gasteiger partial charge in [-0.1, -0.05) is 0 Å². The van der Waals surface area contributed by atoms with E-state index in [1.165, 1.54) is 17.1 Å². The van der Waals surface area contributed by atoms with E-state index in [0.29, 0.717) is 4.47 Å². The minimum Gasteiger partial charge on any atom is -0.295 e. The van der Waals surface area contributed by atoms with Crippen LogP contribution in [0.3, 0.4) is 0 Å². The zero-order chi connectivity index (χ0) is 10.3. The molecule has 0 N–H and O–H groups in total. The van der Waals surface area contributed by atoms with Gasteiger partial charge in [-0.25, -0.2) is 13.8 Å². The van der Waals surface area contributed by atoms with Crippen LogP contribution in [0, 0.1) is 0 Å². The average molecular weight is 265 g/mol. The SMILES string of the molecule is O=c1c(Br)cncn1C1CC(F)(F)C1. The van der Waals surface area contributed by atoms with Gasteiger partial charge in [-0.3, -0.25) is 9.36 Å². The van der Waals surface area contributed by atoms with Gasteiger partial charge in [0.15, 0.2) is 0 Å². The Kier molecular flexibility index (Phi) is 2.17. The lowest BCUT2D eigenvalue weighted by molar-refractivity contribution is -0.105. The van der Waals surface area contributed by atoms with Gasteiger partial charge < -0.3 is 0 Å². The molecule has 1 heterocycles. The van der Waals surface area contributed by atoms with Crippen LogP contribution in [0.1, 0.15) is 18.9 Å². The largest absolute Gasteiger partial charge is 0.295 e. The van der Waals surface area contributed by atoms with Gasteiger partial charge in [0.05, 0.1) is 6.33 Å². The first-order valence-corrected chi connectivity index (χ1v) is 4.88. The predicted octanol–water partition coefficient (Wildman–Crippen LogP) is 1.98. The summed E-state index contributed by atoms with van der Waals surface area (Å²) < 4.78 is 26.7. The first kappa shape index (κ1) is 9.76. The summed E-state index contributed by atoms with van der Waals surface area (Å²) in [7, 11) is 0. The molecule has 14 heavy (non-hydrogen) atoms. The Balaban J connectivity index is 2.27. The molecule has 1 aliphatic carbocycles. The van der Waals surface area contributed by atoms with Gasteiger partial charge in [0.2, 0.25) is 0 Å². The molecule has 0 aromatic carbocycles. The Morgan fingerprint density at radius 2 is 2.21 bits per heavy atom. The van der Waals surface area contributed by atoms with Crippen LogP contribution in [0.5, 0.6) is 0 Å². The number of alkyl halides is 2. The molecule has 3 nitrogen and oxygen atoms in total. The summed E-state index contributed by atoms with van der Waals surface area (Å²) in [6.07, 6.45) is 2.11. The fraction of sp³-hybridized carbons (Fsp3) is 0.500. The Labute approximate surface area is 86.9 Å². The Hall–Kier alpha value is -0.780. The number of halogens is 3. The van der Waals surface area contributed by atoms with Gasteiger partial charge in [-0.15, -0.1) is 0 Å². The maximum absolute atomic E-state index is 12.6. The van der Waals surface area contributed by atoms with E-state index < -0.39 is 12.0 Å². The zero-order valence-corrected chi connectivity index (χ0v) is 8.67. The zero-order valence-electron chi connectivity index (χ0n) is 7.08. The molecule has 0 bridgehead atoms. The van der Waals surface area contributed by atoms with Crippen LogP contribution < -0.4 is 5.56 Å². The lowest BCUT2D eigenvalue weighted by Crippen LogP contribution is -2.41. The van der Waals surface area contributed by atoms with Gasteiger partial charge in [0.1, 0.15) is 4.47 Å². The van der Waals surface area contributed by atoms with Crippen LogP contribution >= 0.6 is 15.9 Å². The molecule has 0 spiro atoms. The Morgan fingerprint density at radius 1 is 1.57 bits per heavy atom. The second-order valence-corrected chi connectivity index (χ2v) is 4.23. The molecule has 0 saturated heterocycles. The van der Waals surface area contributed by atoms with E-state index in [9.17, 15) is 13.6 Å². The van der Waals surface area contributed by atoms with Crippen LogP contribution in [-0.2, 0) is 0 Å². The van der Waals surface area contributed by atoms with Crippen LogP contribution in [0.15, 0.2) is 21.8 Å². The molecule has 0 amide bonds. The maximum atomic E-state index is 12.6. The van der Waals surface area contributed by atoms with Crippen molar-refractivity contribution in [3.63, 3.8) is 0 Å². The number of aromatic nitrogens is 2. The molecule has 1 aromatic heterocycles. The van der Waals surface area contributed by atoms with Crippen molar-refractivity contribution in [2.24, 2.45) is 0 Å². The molecular formula is C8H7BrF2N2O. The van der Waals surface area contributed by atoms with Crippen molar-refractivity contribution >= 4 is 15.9 Å². The topological polar surface area (TPSA) is 34.9 Å². The highest BCUT2D eigenvalue weighted by atomic mass is 79.9. The van der Waals surface area contributed by atoms with E-state index in [0.717, 1.165) is 0 Å². The Morgan fingerprint density at radius 3 is 2.79 bits per heavy atom. The first-order valence-electron chi connectivity index (χ1n) is 4.09. The predicted molar refractivity (Wildman–Crippen MR) is 49.4 cm³/mol. The van der Waals surface area contributed by atoms with Gasteiger partial charge in [-0.2, -0.15) is 0 Å². The highest BCUT2D eigenvalue weighted by Crippen LogP contribution is 2.44. The van der Waals surface area contributed by atoms with Crippen LogP contribution in [-0.4, -0.2) is 15.5 Å². The molecule has 0 atom stereocenters. The molecule has 76 valence electrons. The summed E-state index contributed by atoms with van der Waals surface area (Å²) in [6, 6.07) is -0.414. The third kappa shape index (κ3) is 1.58. The summed E-state index contributed by atoms with van der Waals surface area (Å²) in [6.45, 7) is 0. The minimum atomic E-state index is -2.62. The smallest absolute Gasteiger partial charge is 0.267 e. The minimum absolute atomic E-state index is 0.273. The van der Waals surface area contributed by atoms with Crippen LogP contribution in [0.2, 0.25) is 0 Å². The molecule has 1 aromatic rings. The lowest BCUT2D eigenvalue weighted by atomic mass is 9.88. The molecule has 0 aliphatic heterocycles. The fourth-order valence-electron chi connectivity index (χ4n) is 1.49. The van der Waals surface area contributed by atoms with Crippen LogP contribution in [0.25, 0.3) is 0 Å². The van der Waals surface area contributed by atoms with E-state index in [2.05, 4.69) is 20.9 Å². The third-order valence-electron chi connectivity index (χ3n) is 2.28. The lowest BCUT2D eigenvalue weighted by Gasteiger charge is -2.35. The van der Waals surface area contributed by atoms with E-state index in [4.69, 9.17) is 0 Å². The van der Waals surface area contributed by atoms with Crippen molar-refractivity contribution in [2.75, 3.05) is 0 Å². The monoisotopic (exact) mass is 264 g/mol. The van der Waals surface area contributed by atoms with Crippen molar-refractivity contribution in [1.29, 1.82) is 0 Å². The molecular weight excluding hydrogens is 258 g/mol. The van der Waals surface area contributed by atoms with Crippen molar-refractivity contribution in [2.45, 2.75) is 24.8 Å². The highest BCUT2D eigenvalue weighted by Gasteiger charge is 2.46. The van der Waals surface area contributed by atoms with E-state index >= 15 is 0 Å². The van der Waals surface area contributed by atoms with Crippen molar-refractivity contribution in [1.82, 2.24) is 9.55 Å². The third-order valence-corrected chi connectivity index (χ3v) is 2.82. The molecule has 0 radical (unpaired) electrons. The standard InChI is InChI=1S/C8H7BrF2N2O/c9-6-3-12-4-13(7(6)14)5-1-8(10,11)2-5/h3-5H,1-2H2. The quantitative estimate of drug-likeness (QED) is 0.778. The van der Waals surface area contributed by atoms with Crippen molar-refractivity contribution in [3.05, 3.63) is 27.4 Å². The maximum Gasteiger partial charge on any atom is 0.267 e. The summed E-state index contributed by atoms with van der Waals surface area (Å²) in [5.74, 6) is -2.62. The van der Waals surface area contributed by atoms with Gasteiger partial charge >= 0.3 is 0 Å². The number of hydrogen-bond donors (Lipinski definition) is 0. The second-order valence-electron chi connectivity index (χ2n) is 3.37. The molecule has 0 unspecified atom stereocenters. The molecule has 2 rings (SSSR count). The summed E-state index contributed by atoms with van der Waals surface area (Å²) in [5.41, 5.74) is -0.305. The number of hydrogen-bond acceptors (Lipinski definition) is 2. The van der Waals surface area contributed by atoms with Gasteiger partial charge in [0.25, 0.3) is 11.5 Å². The highest BCUT2D eigenvalue weighted by molar-refractivity contribution is 9.10. The Bertz CT molecular complexity index is 410. The van der Waals surface area contributed by atoms with Crippen molar-refractivity contribution in [3.8, 4) is 0 Å². The van der Waals surface area contributed by atoms with Gasteiger partial charge in [0, 0.05) is 25.1 Å². The summed E-state index contributed by atoms with van der Waals surface area (Å²) in [5, 5.41) is 0. The molecule has 6 heteroatoms. The second kappa shape index (κ2) is 3.12. The van der Waals surface area contributed by atoms with E-state index in [1.54, 1.807) is 0 Å². The normalized spacial score (nSPS) is 20.5. The molecule has 1 aliphatic rings. The van der Waals surface area contributed by atoms with E-state index in [1.807, 2.05) is 0 Å². The molecule has 1 fully saturated rings. The van der Waals surface area contributed by atoms with Gasteiger partial charge in [-0.05, 0) is 15.9 Å². The number of nitrogens with zero attached hydrogens (tertiary/aromatic N) is 2. The first-order chi connectivity index (χ1) is 6.49. The van der Waals surface area contributed by atoms with Crippen LogP contribution in [0.4, 0.5) is 8.78 Å². The fourth-order valence-corrected chi connectivity index (χ4v) is 1.81. The summed E-state index contributed by atoms with van der Waals surface area (Å²) in [4.78, 5) is 15.2.